The number of halogens is 1. The van der Waals surface area contributed by atoms with Gasteiger partial charge in [0.25, 0.3) is 0 Å². The van der Waals surface area contributed by atoms with Crippen LogP contribution in [0.15, 0.2) is 24.3 Å². The average Bonchev–Trinajstić information content (AvgIpc) is 2.53. The van der Waals surface area contributed by atoms with Gasteiger partial charge in [-0.2, -0.15) is 0 Å². The molecule has 1 fully saturated rings. The summed E-state index contributed by atoms with van der Waals surface area (Å²) >= 11 is 5.80. The molecular formula is C10H12ClNO. The Kier molecular flexibility index (Phi) is 2.54. The van der Waals surface area contributed by atoms with E-state index in [-0.39, 0.29) is 6.23 Å². The molecule has 0 bridgehead atoms. The number of benzene rings is 1. The molecule has 1 aliphatic rings. The van der Waals surface area contributed by atoms with E-state index in [1.807, 2.05) is 24.3 Å². The minimum Gasteiger partial charge on any atom is -0.358 e. The first-order valence-corrected chi connectivity index (χ1v) is 4.72. The van der Waals surface area contributed by atoms with Gasteiger partial charge in [-0.3, -0.25) is 4.90 Å². The smallest absolute Gasteiger partial charge is 0.136 e. The zero-order valence-corrected chi connectivity index (χ0v) is 8.29. The van der Waals surface area contributed by atoms with E-state index in [9.17, 15) is 0 Å². The zero-order chi connectivity index (χ0) is 9.26. The predicted octanol–water partition coefficient (Wildman–Crippen LogP) is 2.30. The van der Waals surface area contributed by atoms with Crippen LogP contribution < -0.4 is 0 Å². The molecule has 0 N–H and O–H groups in total. The number of ether oxygens (including phenoxy) is 1. The summed E-state index contributed by atoms with van der Waals surface area (Å²) in [5, 5.41) is 0.768. The van der Waals surface area contributed by atoms with Gasteiger partial charge in [-0.05, 0) is 24.7 Å². The second kappa shape index (κ2) is 3.66. The Hall–Kier alpha value is -0.570. The summed E-state index contributed by atoms with van der Waals surface area (Å²) in [6, 6.07) is 7.81. The van der Waals surface area contributed by atoms with Gasteiger partial charge in [-0.25, -0.2) is 0 Å². The number of rotatable bonds is 1. The van der Waals surface area contributed by atoms with E-state index in [1.54, 1.807) is 0 Å². The van der Waals surface area contributed by atoms with Crippen molar-refractivity contribution in [3.8, 4) is 0 Å². The normalized spacial score (nSPS) is 23.7. The van der Waals surface area contributed by atoms with Crippen molar-refractivity contribution in [1.82, 2.24) is 4.90 Å². The maximum Gasteiger partial charge on any atom is 0.136 e. The molecule has 0 unspecified atom stereocenters. The Morgan fingerprint density at radius 2 is 2.08 bits per heavy atom. The highest BCUT2D eigenvalue weighted by molar-refractivity contribution is 6.30. The zero-order valence-electron chi connectivity index (χ0n) is 7.53. The van der Waals surface area contributed by atoms with Gasteiger partial charge in [0.15, 0.2) is 0 Å². The van der Waals surface area contributed by atoms with Crippen LogP contribution in [0.5, 0.6) is 0 Å². The van der Waals surface area contributed by atoms with Crippen molar-refractivity contribution in [2.24, 2.45) is 0 Å². The monoisotopic (exact) mass is 197 g/mol. The molecule has 1 aromatic rings. The van der Waals surface area contributed by atoms with Crippen LogP contribution in [-0.4, -0.2) is 25.1 Å². The summed E-state index contributed by atoms with van der Waals surface area (Å²) in [5.74, 6) is 0. The predicted molar refractivity (Wildman–Crippen MR) is 52.8 cm³/mol. The van der Waals surface area contributed by atoms with Crippen LogP contribution in [0.25, 0.3) is 0 Å². The maximum absolute atomic E-state index is 5.80. The van der Waals surface area contributed by atoms with Gasteiger partial charge in [0.05, 0.1) is 6.61 Å². The van der Waals surface area contributed by atoms with Gasteiger partial charge < -0.3 is 4.74 Å². The van der Waals surface area contributed by atoms with Crippen LogP contribution in [0.4, 0.5) is 0 Å². The summed E-state index contributed by atoms with van der Waals surface area (Å²) in [6.45, 7) is 1.80. The summed E-state index contributed by atoms with van der Waals surface area (Å²) in [5.41, 5.74) is 1.17. The van der Waals surface area contributed by atoms with Crippen molar-refractivity contribution in [1.29, 1.82) is 0 Å². The number of likely N-dealkylation sites (N-methyl/N-ethyl adjacent to an activating group) is 1. The fraction of sp³-hybridized carbons (Fsp3) is 0.400. The summed E-state index contributed by atoms with van der Waals surface area (Å²) in [7, 11) is 2.06. The molecule has 0 aromatic heterocycles. The van der Waals surface area contributed by atoms with Gasteiger partial charge in [-0.15, -0.1) is 0 Å². The molecule has 1 atom stereocenters. The van der Waals surface area contributed by atoms with E-state index in [0.717, 1.165) is 18.2 Å². The van der Waals surface area contributed by atoms with Crippen LogP contribution in [-0.2, 0) is 4.74 Å². The van der Waals surface area contributed by atoms with Crippen LogP contribution >= 0.6 is 11.6 Å². The van der Waals surface area contributed by atoms with Gasteiger partial charge in [0, 0.05) is 11.6 Å². The summed E-state index contributed by atoms with van der Waals surface area (Å²) < 4.78 is 5.57. The molecule has 1 aliphatic heterocycles. The van der Waals surface area contributed by atoms with E-state index in [4.69, 9.17) is 16.3 Å². The molecule has 1 aromatic carbocycles. The lowest BCUT2D eigenvalue weighted by Crippen LogP contribution is -2.18. The molecule has 1 saturated heterocycles. The van der Waals surface area contributed by atoms with Crippen molar-refractivity contribution in [3.05, 3.63) is 34.9 Å². The molecule has 2 rings (SSSR count). The van der Waals surface area contributed by atoms with E-state index < -0.39 is 0 Å². The third kappa shape index (κ3) is 1.85. The van der Waals surface area contributed by atoms with Crippen molar-refractivity contribution < 1.29 is 4.74 Å². The fourth-order valence-corrected chi connectivity index (χ4v) is 1.66. The quantitative estimate of drug-likeness (QED) is 0.685. The summed E-state index contributed by atoms with van der Waals surface area (Å²) in [6.07, 6.45) is 0.109. The lowest BCUT2D eigenvalue weighted by Gasteiger charge is -2.17. The summed E-state index contributed by atoms with van der Waals surface area (Å²) in [4.78, 5) is 2.18. The Morgan fingerprint density at radius 3 is 2.62 bits per heavy atom. The second-order valence-electron chi connectivity index (χ2n) is 3.26. The lowest BCUT2D eigenvalue weighted by molar-refractivity contribution is 0.0454. The Morgan fingerprint density at radius 1 is 1.38 bits per heavy atom. The third-order valence-corrected chi connectivity index (χ3v) is 2.53. The fourth-order valence-electron chi connectivity index (χ4n) is 1.53. The first-order chi connectivity index (χ1) is 6.27. The maximum atomic E-state index is 5.80. The first kappa shape index (κ1) is 9.00. The van der Waals surface area contributed by atoms with Crippen LogP contribution in [0, 0.1) is 0 Å². The molecule has 70 valence electrons. The van der Waals surface area contributed by atoms with Gasteiger partial charge >= 0.3 is 0 Å². The van der Waals surface area contributed by atoms with Crippen molar-refractivity contribution in [2.45, 2.75) is 6.23 Å². The standard InChI is InChI=1S/C10H12ClNO/c1-12-6-7-13-10(12)8-2-4-9(11)5-3-8/h2-5,10H,6-7H2,1H3/t10-/m1/s1. The van der Waals surface area contributed by atoms with E-state index >= 15 is 0 Å². The Bertz CT molecular complexity index is 285. The molecule has 13 heavy (non-hydrogen) atoms. The van der Waals surface area contributed by atoms with Crippen molar-refractivity contribution in [3.63, 3.8) is 0 Å². The molecule has 2 nitrogen and oxygen atoms in total. The number of hydrogen-bond acceptors (Lipinski definition) is 2. The van der Waals surface area contributed by atoms with Crippen LogP contribution in [0.3, 0.4) is 0 Å². The highest BCUT2D eigenvalue weighted by Crippen LogP contribution is 2.25. The molecule has 1 heterocycles. The topological polar surface area (TPSA) is 12.5 Å². The van der Waals surface area contributed by atoms with E-state index in [1.165, 1.54) is 5.56 Å². The first-order valence-electron chi connectivity index (χ1n) is 4.35. The minimum atomic E-state index is 0.109. The number of hydrogen-bond donors (Lipinski definition) is 0. The van der Waals surface area contributed by atoms with Crippen LogP contribution in [0.2, 0.25) is 5.02 Å². The van der Waals surface area contributed by atoms with Gasteiger partial charge in [-0.1, -0.05) is 23.7 Å². The van der Waals surface area contributed by atoms with Gasteiger partial charge in [0.2, 0.25) is 0 Å². The lowest BCUT2D eigenvalue weighted by atomic mass is 10.2. The minimum absolute atomic E-state index is 0.109. The molecule has 0 saturated carbocycles. The van der Waals surface area contributed by atoms with Crippen LogP contribution in [0.1, 0.15) is 11.8 Å². The molecular weight excluding hydrogens is 186 g/mol. The van der Waals surface area contributed by atoms with E-state index in [2.05, 4.69) is 11.9 Å². The largest absolute Gasteiger partial charge is 0.358 e. The molecule has 0 amide bonds. The highest BCUT2D eigenvalue weighted by atomic mass is 35.5. The van der Waals surface area contributed by atoms with Gasteiger partial charge in [0.1, 0.15) is 6.23 Å². The SMILES string of the molecule is CN1CCO[C@@H]1c1ccc(Cl)cc1. The highest BCUT2D eigenvalue weighted by Gasteiger charge is 2.22. The number of nitrogens with zero attached hydrogens (tertiary/aromatic N) is 1. The third-order valence-electron chi connectivity index (χ3n) is 2.28. The van der Waals surface area contributed by atoms with Crippen molar-refractivity contribution >= 4 is 11.6 Å². The Balaban J connectivity index is 2.20. The molecule has 3 heteroatoms. The Labute approximate surface area is 83.1 Å². The molecule has 0 spiro atoms. The molecule has 0 radical (unpaired) electrons. The van der Waals surface area contributed by atoms with Crippen molar-refractivity contribution in [2.75, 3.05) is 20.2 Å². The molecule has 0 aliphatic carbocycles. The average molecular weight is 198 g/mol. The second-order valence-corrected chi connectivity index (χ2v) is 3.69. The van der Waals surface area contributed by atoms with E-state index in [0.29, 0.717) is 0 Å².